The van der Waals surface area contributed by atoms with Crippen molar-refractivity contribution in [2.75, 3.05) is 37.7 Å². The monoisotopic (exact) mass is 425 g/mol. The van der Waals surface area contributed by atoms with Gasteiger partial charge >= 0.3 is 0 Å². The average Bonchev–Trinajstić information content (AvgIpc) is 2.76. The van der Waals surface area contributed by atoms with Crippen molar-refractivity contribution >= 4 is 26.6 Å². The smallest absolute Gasteiger partial charge is 0.243 e. The molecule has 2 heterocycles. The summed E-state index contributed by atoms with van der Waals surface area (Å²) in [6, 6.07) is 13.2. The molecule has 1 aliphatic rings. The molecule has 30 heavy (non-hydrogen) atoms. The lowest BCUT2D eigenvalue weighted by Crippen LogP contribution is -2.48. The van der Waals surface area contributed by atoms with Crippen molar-refractivity contribution in [3.8, 4) is 5.75 Å². The number of nitrogens with zero attached hydrogens (tertiary/aromatic N) is 3. The van der Waals surface area contributed by atoms with E-state index >= 15 is 0 Å². The van der Waals surface area contributed by atoms with Crippen molar-refractivity contribution in [1.82, 2.24) is 9.29 Å². The first-order chi connectivity index (χ1) is 14.4. The van der Waals surface area contributed by atoms with Gasteiger partial charge in [-0.1, -0.05) is 12.1 Å². The number of pyridine rings is 1. The van der Waals surface area contributed by atoms with E-state index in [1.807, 2.05) is 6.92 Å². The molecule has 3 aromatic rings. The van der Waals surface area contributed by atoms with Gasteiger partial charge in [-0.25, -0.2) is 8.42 Å². The van der Waals surface area contributed by atoms with Crippen LogP contribution >= 0.6 is 0 Å². The molecule has 4 rings (SSSR count). The molecule has 1 saturated heterocycles. The Kier molecular flexibility index (Phi) is 5.66. The molecule has 1 aromatic heterocycles. The molecule has 7 heteroatoms. The number of ether oxygens (including phenoxy) is 1. The van der Waals surface area contributed by atoms with Gasteiger partial charge in [-0.15, -0.1) is 0 Å². The van der Waals surface area contributed by atoms with Gasteiger partial charge in [0.2, 0.25) is 10.0 Å². The minimum Gasteiger partial charge on any atom is -0.492 e. The Morgan fingerprint density at radius 3 is 2.50 bits per heavy atom. The van der Waals surface area contributed by atoms with Crippen LogP contribution < -0.4 is 9.64 Å². The molecule has 0 bridgehead atoms. The van der Waals surface area contributed by atoms with Gasteiger partial charge < -0.3 is 9.64 Å². The van der Waals surface area contributed by atoms with Gasteiger partial charge in [-0.3, -0.25) is 4.98 Å². The molecule has 0 amide bonds. The molecule has 0 atom stereocenters. The van der Waals surface area contributed by atoms with Crippen LogP contribution in [0.1, 0.15) is 18.1 Å². The quantitative estimate of drug-likeness (QED) is 0.623. The molecule has 0 saturated carbocycles. The Morgan fingerprint density at radius 2 is 1.77 bits per heavy atom. The number of aryl methyl sites for hydroxylation is 1. The normalized spacial score (nSPS) is 15.5. The van der Waals surface area contributed by atoms with Crippen LogP contribution in [0.5, 0.6) is 5.75 Å². The van der Waals surface area contributed by atoms with Gasteiger partial charge in [0.05, 0.1) is 11.5 Å². The standard InChI is InChI=1S/C23H27N3O3S/c1-4-29-21-10-11-22(19-8-6-12-24-23(19)21)30(27,28)26-15-13-25(14-16-26)20-9-5-7-17(2)18(20)3/h5-12H,4,13-16H2,1-3H3. The van der Waals surface area contributed by atoms with Gasteiger partial charge in [0.25, 0.3) is 0 Å². The fourth-order valence-electron chi connectivity index (χ4n) is 4.00. The first kappa shape index (κ1) is 20.6. The van der Waals surface area contributed by atoms with Gasteiger partial charge in [-0.2, -0.15) is 4.31 Å². The second-order valence-electron chi connectivity index (χ2n) is 7.50. The van der Waals surface area contributed by atoms with Crippen LogP contribution in [0, 0.1) is 13.8 Å². The fraction of sp³-hybridized carbons (Fsp3) is 0.348. The molecule has 1 aliphatic heterocycles. The molecule has 0 aliphatic carbocycles. The van der Waals surface area contributed by atoms with Crippen LogP contribution in [-0.4, -0.2) is 50.5 Å². The number of rotatable bonds is 5. The van der Waals surface area contributed by atoms with Crippen molar-refractivity contribution in [2.45, 2.75) is 25.7 Å². The van der Waals surface area contributed by atoms with Crippen molar-refractivity contribution < 1.29 is 13.2 Å². The first-order valence-electron chi connectivity index (χ1n) is 10.3. The van der Waals surface area contributed by atoms with E-state index in [1.54, 1.807) is 34.8 Å². The van der Waals surface area contributed by atoms with E-state index in [0.717, 1.165) is 0 Å². The van der Waals surface area contributed by atoms with Crippen LogP contribution in [-0.2, 0) is 10.0 Å². The van der Waals surface area contributed by atoms with Gasteiger partial charge in [-0.05, 0) is 62.2 Å². The summed E-state index contributed by atoms with van der Waals surface area (Å²) in [5.41, 5.74) is 4.26. The summed E-state index contributed by atoms with van der Waals surface area (Å²) in [6.07, 6.45) is 1.66. The number of hydrogen-bond acceptors (Lipinski definition) is 5. The predicted molar refractivity (Wildman–Crippen MR) is 120 cm³/mol. The Labute approximate surface area is 178 Å². The maximum Gasteiger partial charge on any atom is 0.243 e. The summed E-state index contributed by atoms with van der Waals surface area (Å²) < 4.78 is 34.2. The molecule has 1 fully saturated rings. The summed E-state index contributed by atoms with van der Waals surface area (Å²) in [5.74, 6) is 0.604. The molecular weight excluding hydrogens is 398 g/mol. The van der Waals surface area contributed by atoms with Crippen molar-refractivity contribution in [1.29, 1.82) is 0 Å². The number of anilines is 1. The number of hydrogen-bond donors (Lipinski definition) is 0. The molecule has 0 unspecified atom stereocenters. The van der Waals surface area contributed by atoms with Crippen LogP contribution in [0.25, 0.3) is 10.9 Å². The maximum absolute atomic E-state index is 13.5. The Hall–Kier alpha value is -2.64. The number of fused-ring (bicyclic) bond motifs is 1. The highest BCUT2D eigenvalue weighted by molar-refractivity contribution is 7.89. The minimum absolute atomic E-state index is 0.286. The fourth-order valence-corrected chi connectivity index (χ4v) is 5.61. The number of sulfonamides is 1. The highest BCUT2D eigenvalue weighted by Crippen LogP contribution is 2.32. The minimum atomic E-state index is -3.63. The SMILES string of the molecule is CCOc1ccc(S(=O)(=O)N2CCN(c3cccc(C)c3C)CC2)c2cccnc12. The molecule has 6 nitrogen and oxygen atoms in total. The number of benzene rings is 2. The lowest BCUT2D eigenvalue weighted by atomic mass is 10.1. The molecule has 0 radical (unpaired) electrons. The average molecular weight is 426 g/mol. The van der Waals surface area contributed by atoms with Crippen molar-refractivity contribution in [3.63, 3.8) is 0 Å². The van der Waals surface area contributed by atoms with E-state index in [-0.39, 0.29) is 4.90 Å². The largest absolute Gasteiger partial charge is 0.492 e. The third-order valence-corrected chi connectivity index (χ3v) is 7.72. The second kappa shape index (κ2) is 8.24. The lowest BCUT2D eigenvalue weighted by molar-refractivity contribution is 0.343. The van der Waals surface area contributed by atoms with E-state index in [1.165, 1.54) is 16.8 Å². The Morgan fingerprint density at radius 1 is 1.00 bits per heavy atom. The van der Waals surface area contributed by atoms with Crippen LogP contribution in [0.2, 0.25) is 0 Å². The zero-order valence-corrected chi connectivity index (χ0v) is 18.4. The van der Waals surface area contributed by atoms with E-state index in [4.69, 9.17) is 4.74 Å². The Bertz CT molecular complexity index is 1170. The third kappa shape index (κ3) is 3.63. The van der Waals surface area contributed by atoms with Crippen molar-refractivity contribution in [2.24, 2.45) is 0 Å². The molecule has 158 valence electrons. The van der Waals surface area contributed by atoms with E-state index in [0.29, 0.717) is 49.4 Å². The zero-order valence-electron chi connectivity index (χ0n) is 17.6. The Balaban J connectivity index is 1.61. The summed E-state index contributed by atoms with van der Waals surface area (Å²) in [4.78, 5) is 6.93. The maximum atomic E-state index is 13.5. The van der Waals surface area contributed by atoms with Gasteiger partial charge in [0.15, 0.2) is 0 Å². The highest BCUT2D eigenvalue weighted by Gasteiger charge is 2.31. The van der Waals surface area contributed by atoms with Crippen LogP contribution in [0.4, 0.5) is 5.69 Å². The predicted octanol–water partition coefficient (Wildman–Crippen LogP) is 3.76. The van der Waals surface area contributed by atoms with E-state index < -0.39 is 10.0 Å². The summed E-state index contributed by atoms with van der Waals surface area (Å²) in [6.45, 7) is 8.84. The van der Waals surface area contributed by atoms with Crippen LogP contribution in [0.3, 0.4) is 0 Å². The molecule has 0 spiro atoms. The summed E-state index contributed by atoms with van der Waals surface area (Å²) >= 11 is 0. The molecular formula is C23H27N3O3S. The highest BCUT2D eigenvalue weighted by atomic mass is 32.2. The first-order valence-corrected chi connectivity index (χ1v) is 11.7. The molecule has 0 N–H and O–H groups in total. The topological polar surface area (TPSA) is 62.7 Å². The van der Waals surface area contributed by atoms with Crippen LogP contribution in [0.15, 0.2) is 53.6 Å². The van der Waals surface area contributed by atoms with Gasteiger partial charge in [0.1, 0.15) is 11.3 Å². The number of piperazine rings is 1. The third-order valence-electron chi connectivity index (χ3n) is 5.77. The van der Waals surface area contributed by atoms with Gasteiger partial charge in [0, 0.05) is 43.4 Å². The summed E-state index contributed by atoms with van der Waals surface area (Å²) in [7, 11) is -3.63. The zero-order chi connectivity index (χ0) is 21.3. The second-order valence-corrected chi connectivity index (χ2v) is 9.41. The van der Waals surface area contributed by atoms with Crippen molar-refractivity contribution in [3.05, 3.63) is 59.8 Å². The van der Waals surface area contributed by atoms with E-state index in [9.17, 15) is 8.42 Å². The van der Waals surface area contributed by atoms with E-state index in [2.05, 4.69) is 41.9 Å². The lowest BCUT2D eigenvalue weighted by Gasteiger charge is -2.36. The summed E-state index contributed by atoms with van der Waals surface area (Å²) in [5, 5.41) is 0.598. The molecule has 2 aromatic carbocycles. The number of aromatic nitrogens is 1.